The number of hydrogen-bond donors (Lipinski definition) is 1. The van der Waals surface area contributed by atoms with Gasteiger partial charge in [0.25, 0.3) is 0 Å². The molecule has 0 saturated heterocycles. The van der Waals surface area contributed by atoms with Crippen molar-refractivity contribution in [2.45, 2.75) is 44.6 Å². The Morgan fingerprint density at radius 3 is 2.65 bits per heavy atom. The molecular weight excluding hydrogens is 218 g/mol. The number of esters is 1. The number of carbonyl (C=O) groups excluding carboxylic acids is 1. The van der Waals surface area contributed by atoms with E-state index in [0.717, 1.165) is 12.8 Å². The highest BCUT2D eigenvalue weighted by atomic mass is 16.5. The molecule has 0 atom stereocenters. The summed E-state index contributed by atoms with van der Waals surface area (Å²) < 4.78 is 6.49. The number of hydrogen-bond acceptors (Lipinski definition) is 4. The number of anilines is 1. The van der Waals surface area contributed by atoms with Crippen LogP contribution < -0.4 is 5.73 Å². The standard InChI is InChI=1S/C12H19N3O2/c1-17-12(16)11-10(13)8-15(14-11)9-6-4-2-3-5-7-9/h8-9H,2-7,13H2,1H3. The first kappa shape index (κ1) is 12.0. The van der Waals surface area contributed by atoms with Crippen LogP contribution in [0.15, 0.2) is 6.20 Å². The highest BCUT2D eigenvalue weighted by Crippen LogP contribution is 2.27. The van der Waals surface area contributed by atoms with E-state index in [1.54, 1.807) is 6.20 Å². The van der Waals surface area contributed by atoms with Gasteiger partial charge in [-0.25, -0.2) is 4.79 Å². The molecule has 0 spiro atoms. The van der Waals surface area contributed by atoms with E-state index in [2.05, 4.69) is 9.84 Å². The van der Waals surface area contributed by atoms with Gasteiger partial charge in [0.1, 0.15) is 0 Å². The molecule has 5 nitrogen and oxygen atoms in total. The van der Waals surface area contributed by atoms with Crippen LogP contribution in [0.25, 0.3) is 0 Å². The second-order valence-corrected chi connectivity index (χ2v) is 4.55. The van der Waals surface area contributed by atoms with Gasteiger partial charge in [0.05, 0.1) is 18.8 Å². The zero-order valence-electron chi connectivity index (χ0n) is 10.2. The first-order chi connectivity index (χ1) is 8.22. The quantitative estimate of drug-likeness (QED) is 0.632. The molecule has 2 rings (SSSR count). The zero-order chi connectivity index (χ0) is 12.3. The summed E-state index contributed by atoms with van der Waals surface area (Å²) in [7, 11) is 1.34. The molecule has 0 aliphatic heterocycles. The van der Waals surface area contributed by atoms with Crippen LogP contribution in [0.5, 0.6) is 0 Å². The third kappa shape index (κ3) is 2.60. The molecule has 0 aromatic carbocycles. The maximum absolute atomic E-state index is 11.4. The van der Waals surface area contributed by atoms with E-state index < -0.39 is 5.97 Å². The van der Waals surface area contributed by atoms with E-state index in [1.807, 2.05) is 4.68 Å². The fourth-order valence-corrected chi connectivity index (χ4v) is 2.37. The third-order valence-corrected chi connectivity index (χ3v) is 3.34. The smallest absolute Gasteiger partial charge is 0.360 e. The van der Waals surface area contributed by atoms with E-state index >= 15 is 0 Å². The summed E-state index contributed by atoms with van der Waals surface area (Å²) in [6.07, 6.45) is 9.00. The number of aromatic nitrogens is 2. The van der Waals surface area contributed by atoms with Gasteiger partial charge in [-0.15, -0.1) is 0 Å². The van der Waals surface area contributed by atoms with Crippen molar-refractivity contribution in [1.82, 2.24) is 9.78 Å². The summed E-state index contributed by atoms with van der Waals surface area (Å²) in [4.78, 5) is 11.4. The molecule has 0 unspecified atom stereocenters. The first-order valence-corrected chi connectivity index (χ1v) is 6.15. The third-order valence-electron chi connectivity index (χ3n) is 3.34. The van der Waals surface area contributed by atoms with Crippen molar-refractivity contribution < 1.29 is 9.53 Å². The molecule has 1 heterocycles. The van der Waals surface area contributed by atoms with E-state index in [0.29, 0.717) is 11.7 Å². The van der Waals surface area contributed by atoms with Gasteiger partial charge in [0.15, 0.2) is 5.69 Å². The average molecular weight is 237 g/mol. The van der Waals surface area contributed by atoms with Gasteiger partial charge in [-0.05, 0) is 12.8 Å². The fraction of sp³-hybridized carbons (Fsp3) is 0.667. The highest BCUT2D eigenvalue weighted by molar-refractivity contribution is 5.92. The van der Waals surface area contributed by atoms with Gasteiger partial charge in [-0.3, -0.25) is 4.68 Å². The van der Waals surface area contributed by atoms with Crippen LogP contribution in [-0.2, 0) is 4.74 Å². The van der Waals surface area contributed by atoms with Gasteiger partial charge in [-0.1, -0.05) is 25.7 Å². The monoisotopic (exact) mass is 237 g/mol. The minimum absolute atomic E-state index is 0.233. The molecule has 94 valence electrons. The molecular formula is C12H19N3O2. The van der Waals surface area contributed by atoms with Crippen molar-refractivity contribution in [3.05, 3.63) is 11.9 Å². The molecule has 0 amide bonds. The first-order valence-electron chi connectivity index (χ1n) is 6.15. The summed E-state index contributed by atoms with van der Waals surface area (Å²) in [6.45, 7) is 0. The Morgan fingerprint density at radius 1 is 1.41 bits per heavy atom. The van der Waals surface area contributed by atoms with Crippen LogP contribution in [0.1, 0.15) is 55.1 Å². The lowest BCUT2D eigenvalue weighted by molar-refractivity contribution is 0.0593. The number of nitrogens with zero attached hydrogens (tertiary/aromatic N) is 2. The predicted molar refractivity (Wildman–Crippen MR) is 64.7 cm³/mol. The average Bonchev–Trinajstić information content (AvgIpc) is 2.57. The Labute approximate surface area is 101 Å². The van der Waals surface area contributed by atoms with Crippen LogP contribution in [-0.4, -0.2) is 22.9 Å². The normalized spacial score (nSPS) is 17.7. The Morgan fingerprint density at radius 2 is 2.06 bits per heavy atom. The number of carbonyl (C=O) groups is 1. The Kier molecular flexibility index (Phi) is 3.66. The number of methoxy groups -OCH3 is 1. The second-order valence-electron chi connectivity index (χ2n) is 4.55. The van der Waals surface area contributed by atoms with Crippen molar-refractivity contribution in [2.75, 3.05) is 12.8 Å². The van der Waals surface area contributed by atoms with Crippen LogP contribution in [0.4, 0.5) is 5.69 Å². The van der Waals surface area contributed by atoms with Gasteiger partial charge >= 0.3 is 5.97 Å². The summed E-state index contributed by atoms with van der Waals surface area (Å²) in [5.74, 6) is -0.463. The zero-order valence-corrected chi connectivity index (χ0v) is 10.2. The summed E-state index contributed by atoms with van der Waals surface area (Å²) in [6, 6.07) is 0.373. The Hall–Kier alpha value is -1.52. The largest absolute Gasteiger partial charge is 0.464 e. The summed E-state index contributed by atoms with van der Waals surface area (Å²) in [5.41, 5.74) is 6.42. The molecule has 1 aromatic rings. The van der Waals surface area contributed by atoms with Gasteiger partial charge < -0.3 is 10.5 Å². The highest BCUT2D eigenvalue weighted by Gasteiger charge is 2.20. The lowest BCUT2D eigenvalue weighted by Gasteiger charge is -2.13. The van der Waals surface area contributed by atoms with Crippen molar-refractivity contribution in [1.29, 1.82) is 0 Å². The molecule has 1 aliphatic rings. The molecule has 1 fully saturated rings. The van der Waals surface area contributed by atoms with Crippen molar-refractivity contribution >= 4 is 11.7 Å². The SMILES string of the molecule is COC(=O)c1nn(C2CCCCCC2)cc1N. The Balaban J connectivity index is 2.18. The molecule has 2 N–H and O–H groups in total. The topological polar surface area (TPSA) is 70.1 Å². The molecule has 0 bridgehead atoms. The van der Waals surface area contributed by atoms with Crippen molar-refractivity contribution in [3.63, 3.8) is 0 Å². The molecule has 0 radical (unpaired) electrons. The maximum atomic E-state index is 11.4. The van der Waals surface area contributed by atoms with Crippen LogP contribution in [0.2, 0.25) is 0 Å². The van der Waals surface area contributed by atoms with Crippen LogP contribution in [0.3, 0.4) is 0 Å². The van der Waals surface area contributed by atoms with Gasteiger partial charge in [-0.2, -0.15) is 5.10 Å². The van der Waals surface area contributed by atoms with E-state index in [9.17, 15) is 4.79 Å². The maximum Gasteiger partial charge on any atom is 0.360 e. The molecule has 1 saturated carbocycles. The predicted octanol–water partition coefficient (Wildman–Crippen LogP) is 2.15. The van der Waals surface area contributed by atoms with Crippen LogP contribution in [0, 0.1) is 0 Å². The fourth-order valence-electron chi connectivity index (χ4n) is 2.37. The van der Waals surface area contributed by atoms with Crippen molar-refractivity contribution in [2.24, 2.45) is 0 Å². The van der Waals surface area contributed by atoms with Crippen LogP contribution >= 0.6 is 0 Å². The van der Waals surface area contributed by atoms with Gasteiger partial charge in [0, 0.05) is 6.20 Å². The molecule has 17 heavy (non-hydrogen) atoms. The van der Waals surface area contributed by atoms with E-state index in [-0.39, 0.29) is 5.69 Å². The van der Waals surface area contributed by atoms with Crippen molar-refractivity contribution in [3.8, 4) is 0 Å². The lowest BCUT2D eigenvalue weighted by Crippen LogP contribution is -2.11. The Bertz CT molecular complexity index is 392. The molecule has 5 heteroatoms. The lowest BCUT2D eigenvalue weighted by atomic mass is 10.1. The number of nitrogens with two attached hydrogens (primary N) is 1. The minimum atomic E-state index is -0.463. The molecule has 1 aliphatic carbocycles. The minimum Gasteiger partial charge on any atom is -0.464 e. The number of nitrogen functional groups attached to an aromatic ring is 1. The summed E-state index contributed by atoms with van der Waals surface area (Å²) in [5, 5.41) is 4.26. The van der Waals surface area contributed by atoms with E-state index in [4.69, 9.17) is 5.73 Å². The second kappa shape index (κ2) is 5.21. The van der Waals surface area contributed by atoms with E-state index in [1.165, 1.54) is 32.8 Å². The summed E-state index contributed by atoms with van der Waals surface area (Å²) >= 11 is 0. The number of ether oxygens (including phenoxy) is 1. The van der Waals surface area contributed by atoms with Gasteiger partial charge in [0.2, 0.25) is 0 Å². The molecule has 1 aromatic heterocycles. The number of rotatable bonds is 2.